The molecule has 0 spiro atoms. The lowest BCUT2D eigenvalue weighted by Gasteiger charge is -2.23. The third-order valence-corrected chi connectivity index (χ3v) is 4.39. The van der Waals surface area contributed by atoms with Gasteiger partial charge in [-0.15, -0.1) is 0 Å². The van der Waals surface area contributed by atoms with Gasteiger partial charge in [-0.25, -0.2) is 4.39 Å². The Bertz CT molecular complexity index is 642. The average Bonchev–Trinajstić information content (AvgIpc) is 2.61. The van der Waals surface area contributed by atoms with Gasteiger partial charge in [0.2, 0.25) is 0 Å². The monoisotopic (exact) mass is 310 g/mol. The maximum Gasteiger partial charge on any atom is 0.130 e. The molecule has 0 saturated heterocycles. The number of hydrogen-bond acceptors (Lipinski definition) is 1. The molecule has 3 rings (SSSR count). The van der Waals surface area contributed by atoms with E-state index in [9.17, 15) is 4.39 Å². The first-order chi connectivity index (χ1) is 11.3. The minimum Gasteiger partial charge on any atom is -0.374 e. The molecule has 23 heavy (non-hydrogen) atoms. The van der Waals surface area contributed by atoms with Crippen LogP contribution in [0.3, 0.4) is 0 Å². The largest absolute Gasteiger partial charge is 0.374 e. The first-order valence-corrected chi connectivity index (χ1v) is 8.45. The number of benzene rings is 2. The molecule has 2 heteroatoms. The fraction of sp³-hybridized carbons (Fsp3) is 0.333. The van der Waals surface area contributed by atoms with Gasteiger partial charge < -0.3 is 4.74 Å². The summed E-state index contributed by atoms with van der Waals surface area (Å²) in [7, 11) is 0. The van der Waals surface area contributed by atoms with E-state index in [0.29, 0.717) is 18.3 Å². The van der Waals surface area contributed by atoms with E-state index in [4.69, 9.17) is 4.74 Å². The second-order valence-corrected chi connectivity index (χ2v) is 6.13. The zero-order valence-corrected chi connectivity index (χ0v) is 13.4. The lowest BCUT2D eigenvalue weighted by Crippen LogP contribution is -2.17. The molecule has 0 bridgehead atoms. The molecule has 0 radical (unpaired) electrons. The highest BCUT2D eigenvalue weighted by Gasteiger charge is 2.15. The van der Waals surface area contributed by atoms with Crippen molar-refractivity contribution in [3.05, 3.63) is 71.5 Å². The van der Waals surface area contributed by atoms with Crippen LogP contribution in [0.4, 0.5) is 4.39 Å². The van der Waals surface area contributed by atoms with Crippen molar-refractivity contribution in [1.82, 2.24) is 0 Å². The van der Waals surface area contributed by atoms with Crippen LogP contribution in [0.1, 0.15) is 43.2 Å². The Labute approximate surface area is 137 Å². The summed E-state index contributed by atoms with van der Waals surface area (Å²) >= 11 is 0. The zero-order valence-electron chi connectivity index (χ0n) is 13.4. The van der Waals surface area contributed by atoms with Gasteiger partial charge in [-0.1, -0.05) is 67.8 Å². The summed E-state index contributed by atoms with van der Waals surface area (Å²) in [6.07, 6.45) is 8.37. The summed E-state index contributed by atoms with van der Waals surface area (Å²) in [5.41, 5.74) is 2.60. The van der Waals surface area contributed by atoms with Crippen LogP contribution in [0, 0.1) is 5.82 Å². The minimum absolute atomic E-state index is 0.193. The molecule has 2 aromatic carbocycles. The van der Waals surface area contributed by atoms with Gasteiger partial charge in [0.05, 0.1) is 12.7 Å². The van der Waals surface area contributed by atoms with E-state index < -0.39 is 0 Å². The number of ether oxygens (including phenoxy) is 1. The van der Waals surface area contributed by atoms with Crippen molar-refractivity contribution < 1.29 is 9.13 Å². The SMILES string of the molecule is Fc1ccccc1C(=Cc1ccccc1)COC1CCCCC1. The van der Waals surface area contributed by atoms with Gasteiger partial charge in [-0.05, 0) is 36.1 Å². The van der Waals surface area contributed by atoms with E-state index >= 15 is 0 Å². The van der Waals surface area contributed by atoms with E-state index in [1.54, 1.807) is 6.07 Å². The Hall–Kier alpha value is -1.93. The molecule has 1 aliphatic carbocycles. The van der Waals surface area contributed by atoms with E-state index in [1.165, 1.54) is 25.3 Å². The highest BCUT2D eigenvalue weighted by atomic mass is 19.1. The van der Waals surface area contributed by atoms with Gasteiger partial charge in [0.1, 0.15) is 5.82 Å². The smallest absolute Gasteiger partial charge is 0.130 e. The third kappa shape index (κ3) is 4.52. The summed E-state index contributed by atoms with van der Waals surface area (Å²) in [5.74, 6) is -0.193. The molecule has 2 aromatic rings. The molecule has 0 aliphatic heterocycles. The normalized spacial score (nSPS) is 16.5. The van der Waals surface area contributed by atoms with Crippen molar-refractivity contribution in [1.29, 1.82) is 0 Å². The molecule has 0 heterocycles. The van der Waals surface area contributed by atoms with Gasteiger partial charge in [0, 0.05) is 5.56 Å². The van der Waals surface area contributed by atoms with Crippen LogP contribution in [0.2, 0.25) is 0 Å². The second-order valence-electron chi connectivity index (χ2n) is 6.13. The molecule has 120 valence electrons. The highest BCUT2D eigenvalue weighted by molar-refractivity contribution is 5.82. The molecule has 1 nitrogen and oxygen atoms in total. The topological polar surface area (TPSA) is 9.23 Å². The minimum atomic E-state index is -0.193. The Balaban J connectivity index is 1.81. The van der Waals surface area contributed by atoms with Crippen LogP contribution in [0.5, 0.6) is 0 Å². The molecule has 0 aromatic heterocycles. The van der Waals surface area contributed by atoms with Crippen molar-refractivity contribution in [2.24, 2.45) is 0 Å². The standard InChI is InChI=1S/C21H23FO/c22-21-14-8-7-13-20(21)18(15-17-9-3-1-4-10-17)16-23-19-11-5-2-6-12-19/h1,3-4,7-10,13-15,19H,2,5-6,11-12,16H2. The van der Waals surface area contributed by atoms with Gasteiger partial charge in [0.25, 0.3) is 0 Å². The quantitative estimate of drug-likeness (QED) is 0.642. The predicted octanol–water partition coefficient (Wildman–Crippen LogP) is 5.72. The lowest BCUT2D eigenvalue weighted by atomic mass is 9.97. The van der Waals surface area contributed by atoms with Crippen LogP contribution in [0.25, 0.3) is 11.6 Å². The predicted molar refractivity (Wildman–Crippen MR) is 93.5 cm³/mol. The molecule has 0 atom stereocenters. The first-order valence-electron chi connectivity index (χ1n) is 8.45. The van der Waals surface area contributed by atoms with Crippen LogP contribution < -0.4 is 0 Å². The van der Waals surface area contributed by atoms with Crippen LogP contribution in [0.15, 0.2) is 54.6 Å². The Kier molecular flexibility index (Phi) is 5.60. The summed E-state index contributed by atoms with van der Waals surface area (Å²) in [6.45, 7) is 0.459. The Morgan fingerprint density at radius 3 is 2.39 bits per heavy atom. The molecule has 0 amide bonds. The van der Waals surface area contributed by atoms with Crippen molar-refractivity contribution in [2.75, 3.05) is 6.61 Å². The molecular weight excluding hydrogens is 287 g/mol. The number of hydrogen-bond donors (Lipinski definition) is 0. The van der Waals surface area contributed by atoms with E-state index in [0.717, 1.165) is 24.0 Å². The number of rotatable bonds is 5. The van der Waals surface area contributed by atoms with E-state index in [2.05, 4.69) is 0 Å². The molecular formula is C21H23FO. The first kappa shape index (κ1) is 15.9. The fourth-order valence-corrected chi connectivity index (χ4v) is 3.11. The summed E-state index contributed by atoms with van der Waals surface area (Å²) in [6, 6.07) is 17.0. The molecule has 1 aliphatic rings. The van der Waals surface area contributed by atoms with Crippen LogP contribution in [-0.2, 0) is 4.74 Å². The molecule has 1 fully saturated rings. The lowest BCUT2D eigenvalue weighted by molar-refractivity contribution is 0.0500. The maximum atomic E-state index is 14.2. The molecule has 0 unspecified atom stereocenters. The molecule has 0 N–H and O–H groups in total. The summed E-state index contributed by atoms with van der Waals surface area (Å²) < 4.78 is 20.3. The van der Waals surface area contributed by atoms with Crippen LogP contribution >= 0.6 is 0 Å². The number of halogens is 1. The van der Waals surface area contributed by atoms with Crippen molar-refractivity contribution >= 4 is 11.6 Å². The summed E-state index contributed by atoms with van der Waals surface area (Å²) in [4.78, 5) is 0. The second kappa shape index (κ2) is 8.07. The van der Waals surface area contributed by atoms with Gasteiger partial charge in [-0.2, -0.15) is 0 Å². The third-order valence-electron chi connectivity index (χ3n) is 4.39. The van der Waals surface area contributed by atoms with E-state index in [-0.39, 0.29) is 5.82 Å². The van der Waals surface area contributed by atoms with Crippen LogP contribution in [-0.4, -0.2) is 12.7 Å². The van der Waals surface area contributed by atoms with Crippen molar-refractivity contribution in [3.8, 4) is 0 Å². The van der Waals surface area contributed by atoms with E-state index in [1.807, 2.05) is 48.5 Å². The summed E-state index contributed by atoms with van der Waals surface area (Å²) in [5, 5.41) is 0. The maximum absolute atomic E-state index is 14.2. The Morgan fingerprint density at radius 2 is 1.65 bits per heavy atom. The van der Waals surface area contributed by atoms with Crippen molar-refractivity contribution in [2.45, 2.75) is 38.2 Å². The molecule has 1 saturated carbocycles. The van der Waals surface area contributed by atoms with Gasteiger partial charge in [-0.3, -0.25) is 0 Å². The highest BCUT2D eigenvalue weighted by Crippen LogP contribution is 2.25. The average molecular weight is 310 g/mol. The fourth-order valence-electron chi connectivity index (χ4n) is 3.11. The zero-order chi connectivity index (χ0) is 15.9. The van der Waals surface area contributed by atoms with Gasteiger partial charge >= 0.3 is 0 Å². The van der Waals surface area contributed by atoms with Crippen molar-refractivity contribution in [3.63, 3.8) is 0 Å². The van der Waals surface area contributed by atoms with Gasteiger partial charge in [0.15, 0.2) is 0 Å². The Morgan fingerprint density at radius 1 is 0.957 bits per heavy atom.